The van der Waals surface area contributed by atoms with Gasteiger partial charge in [0.25, 0.3) is 0 Å². The van der Waals surface area contributed by atoms with Crippen LogP contribution in [0.25, 0.3) is 0 Å². The minimum Gasteiger partial charge on any atom is -0.468 e. The van der Waals surface area contributed by atoms with Crippen molar-refractivity contribution in [2.24, 2.45) is 0 Å². The van der Waals surface area contributed by atoms with Crippen LogP contribution in [0, 0.1) is 0 Å². The summed E-state index contributed by atoms with van der Waals surface area (Å²) < 4.78 is 21.6. The van der Waals surface area contributed by atoms with Crippen molar-refractivity contribution in [2.45, 2.75) is 25.5 Å². The first kappa shape index (κ1) is 19.3. The van der Waals surface area contributed by atoms with E-state index in [1.54, 1.807) is 30.5 Å². The van der Waals surface area contributed by atoms with Crippen LogP contribution in [-0.4, -0.2) is 49.4 Å². The molecule has 3 heterocycles. The summed E-state index contributed by atoms with van der Waals surface area (Å²) >= 11 is 0. The molecule has 1 aromatic heterocycles. The number of benzene rings is 1. The lowest BCUT2D eigenvalue weighted by Gasteiger charge is -2.23. The van der Waals surface area contributed by atoms with Gasteiger partial charge in [-0.3, -0.25) is 15.0 Å². The normalized spacial score (nSPS) is 17.5. The van der Waals surface area contributed by atoms with Crippen LogP contribution in [0.3, 0.4) is 0 Å². The number of carbonyl (C=O) groups is 2. The van der Waals surface area contributed by atoms with E-state index in [9.17, 15) is 9.59 Å². The third kappa shape index (κ3) is 5.27. The van der Waals surface area contributed by atoms with E-state index >= 15 is 0 Å². The van der Waals surface area contributed by atoms with E-state index in [1.807, 2.05) is 11.0 Å². The van der Waals surface area contributed by atoms with Crippen molar-refractivity contribution in [2.75, 3.05) is 31.8 Å². The van der Waals surface area contributed by atoms with Crippen LogP contribution < -0.4 is 20.1 Å². The average Bonchev–Trinajstić information content (AvgIpc) is 3.43. The van der Waals surface area contributed by atoms with Gasteiger partial charge in [-0.1, -0.05) is 0 Å². The molecule has 1 atom stereocenters. The van der Waals surface area contributed by atoms with Crippen LogP contribution in [0.15, 0.2) is 41.0 Å². The Bertz CT molecular complexity index is 848. The molecule has 0 bridgehead atoms. The molecule has 1 saturated heterocycles. The topological polar surface area (TPSA) is 102 Å². The Morgan fingerprint density at radius 2 is 2.07 bits per heavy atom. The van der Waals surface area contributed by atoms with Crippen LogP contribution in [0.5, 0.6) is 11.5 Å². The van der Waals surface area contributed by atoms with Crippen molar-refractivity contribution in [3.05, 3.63) is 42.4 Å². The summed E-state index contributed by atoms with van der Waals surface area (Å²) in [6.45, 7) is 2.00. The number of hydrogen-bond acceptors (Lipinski definition) is 7. The summed E-state index contributed by atoms with van der Waals surface area (Å²) in [5, 5.41) is 4.98. The van der Waals surface area contributed by atoms with Crippen LogP contribution in [0.2, 0.25) is 0 Å². The summed E-state index contributed by atoms with van der Waals surface area (Å²) in [5.74, 6) is 1.51. The number of nitrogens with one attached hydrogen (secondary N) is 2. The fourth-order valence-corrected chi connectivity index (χ4v) is 3.39. The Morgan fingerprint density at radius 3 is 2.86 bits per heavy atom. The Morgan fingerprint density at radius 1 is 1.17 bits per heavy atom. The molecule has 2 N–H and O–H groups in total. The molecule has 0 spiro atoms. The molecule has 0 aliphatic carbocycles. The van der Waals surface area contributed by atoms with Crippen molar-refractivity contribution in [3.63, 3.8) is 0 Å². The number of imide groups is 1. The molecule has 4 rings (SSSR count). The zero-order chi connectivity index (χ0) is 20.1. The number of rotatable bonds is 7. The molecule has 2 aliphatic rings. The Hall–Kier alpha value is -3.04. The number of carbonyl (C=O) groups excluding carboxylic acids is 2. The highest BCUT2D eigenvalue weighted by Crippen LogP contribution is 2.34. The molecule has 0 saturated carbocycles. The van der Waals surface area contributed by atoms with E-state index in [4.69, 9.17) is 18.6 Å². The molecule has 9 heteroatoms. The smallest absolute Gasteiger partial charge is 0.325 e. The van der Waals surface area contributed by atoms with E-state index < -0.39 is 11.9 Å². The van der Waals surface area contributed by atoms with Crippen molar-refractivity contribution in [1.29, 1.82) is 0 Å². The molecule has 9 nitrogen and oxygen atoms in total. The van der Waals surface area contributed by atoms with Crippen LogP contribution in [0.4, 0.5) is 10.5 Å². The maximum Gasteiger partial charge on any atom is 0.325 e. The van der Waals surface area contributed by atoms with Gasteiger partial charge >= 0.3 is 6.03 Å². The number of hydrogen-bond donors (Lipinski definition) is 2. The monoisotopic (exact) mass is 401 g/mol. The second kappa shape index (κ2) is 8.97. The second-order valence-corrected chi connectivity index (χ2v) is 6.95. The van der Waals surface area contributed by atoms with Gasteiger partial charge in [-0.05, 0) is 37.1 Å². The summed E-state index contributed by atoms with van der Waals surface area (Å²) in [6, 6.07) is 8.08. The lowest BCUT2D eigenvalue weighted by Crippen LogP contribution is -2.43. The standard InChI is InChI=1S/C20H23N3O6/c24-19(22-20(25)21-14-5-6-17-18(9-14)29-13-28-17)12-23(10-15-3-1-7-26-15)11-16-4-2-8-27-16/h1,3,5-7,9,16H,2,4,8,10-13H2,(H2,21,22,24,25). The largest absolute Gasteiger partial charge is 0.468 e. The summed E-state index contributed by atoms with van der Waals surface area (Å²) in [5.41, 5.74) is 0.506. The maximum absolute atomic E-state index is 12.4. The fourth-order valence-electron chi connectivity index (χ4n) is 3.39. The lowest BCUT2D eigenvalue weighted by atomic mass is 10.2. The molecule has 29 heavy (non-hydrogen) atoms. The summed E-state index contributed by atoms with van der Waals surface area (Å²) in [4.78, 5) is 26.5. The molecule has 154 valence electrons. The van der Waals surface area contributed by atoms with Gasteiger partial charge < -0.3 is 23.9 Å². The van der Waals surface area contributed by atoms with Gasteiger partial charge in [-0.25, -0.2) is 4.79 Å². The van der Waals surface area contributed by atoms with Crippen LogP contribution in [0.1, 0.15) is 18.6 Å². The number of nitrogens with zero attached hydrogens (tertiary/aromatic N) is 1. The minimum absolute atomic E-state index is 0.0507. The zero-order valence-corrected chi connectivity index (χ0v) is 15.9. The molecule has 2 aliphatic heterocycles. The van der Waals surface area contributed by atoms with E-state index in [1.165, 1.54) is 0 Å². The highest BCUT2D eigenvalue weighted by atomic mass is 16.7. The first-order valence-electron chi connectivity index (χ1n) is 9.52. The molecule has 1 unspecified atom stereocenters. The highest BCUT2D eigenvalue weighted by molar-refractivity contribution is 6.01. The van der Waals surface area contributed by atoms with E-state index in [0.29, 0.717) is 30.3 Å². The van der Waals surface area contributed by atoms with Gasteiger partial charge in [0.1, 0.15) is 5.76 Å². The fraction of sp³-hybridized carbons (Fsp3) is 0.400. The summed E-state index contributed by atoms with van der Waals surface area (Å²) in [6.07, 6.45) is 3.66. The predicted octanol–water partition coefficient (Wildman–Crippen LogP) is 2.34. The van der Waals surface area contributed by atoms with E-state index in [-0.39, 0.29) is 19.4 Å². The highest BCUT2D eigenvalue weighted by Gasteiger charge is 2.22. The van der Waals surface area contributed by atoms with Gasteiger partial charge in [0, 0.05) is 24.9 Å². The predicted molar refractivity (Wildman–Crippen MR) is 103 cm³/mol. The number of amides is 3. The molecule has 0 radical (unpaired) electrons. The first-order chi connectivity index (χ1) is 14.2. The van der Waals surface area contributed by atoms with Gasteiger partial charge in [0.05, 0.1) is 25.5 Å². The van der Waals surface area contributed by atoms with Gasteiger partial charge in [-0.15, -0.1) is 0 Å². The summed E-state index contributed by atoms with van der Waals surface area (Å²) in [7, 11) is 0. The third-order valence-corrected chi connectivity index (χ3v) is 4.70. The van der Waals surface area contributed by atoms with Crippen LogP contribution >= 0.6 is 0 Å². The van der Waals surface area contributed by atoms with Crippen molar-refractivity contribution >= 4 is 17.6 Å². The molecular weight excluding hydrogens is 378 g/mol. The average molecular weight is 401 g/mol. The molecule has 2 aromatic rings. The van der Waals surface area contributed by atoms with E-state index in [2.05, 4.69) is 10.6 Å². The maximum atomic E-state index is 12.4. The third-order valence-electron chi connectivity index (χ3n) is 4.70. The van der Waals surface area contributed by atoms with Crippen molar-refractivity contribution in [3.8, 4) is 11.5 Å². The minimum atomic E-state index is -0.607. The second-order valence-electron chi connectivity index (χ2n) is 6.95. The van der Waals surface area contributed by atoms with Crippen LogP contribution in [-0.2, 0) is 16.1 Å². The Labute approximate surface area is 167 Å². The number of anilines is 1. The van der Waals surface area contributed by atoms with Crippen molar-refractivity contribution < 1.29 is 28.2 Å². The van der Waals surface area contributed by atoms with Gasteiger partial charge in [0.15, 0.2) is 11.5 Å². The molecule has 3 amide bonds. The number of urea groups is 1. The Kier molecular flexibility index (Phi) is 5.97. The first-order valence-corrected chi connectivity index (χ1v) is 9.52. The number of ether oxygens (including phenoxy) is 3. The van der Waals surface area contributed by atoms with E-state index in [0.717, 1.165) is 25.2 Å². The number of furan rings is 1. The molecular formula is C20H23N3O6. The lowest BCUT2D eigenvalue weighted by molar-refractivity contribution is -0.121. The van der Waals surface area contributed by atoms with Gasteiger partial charge in [-0.2, -0.15) is 0 Å². The SMILES string of the molecule is O=C(CN(Cc1ccco1)CC1CCCO1)NC(=O)Nc1ccc2c(c1)OCO2. The number of fused-ring (bicyclic) bond motifs is 1. The zero-order valence-electron chi connectivity index (χ0n) is 15.9. The molecule has 1 fully saturated rings. The Balaban J connectivity index is 1.30. The molecule has 1 aromatic carbocycles. The van der Waals surface area contributed by atoms with Crippen molar-refractivity contribution in [1.82, 2.24) is 10.2 Å². The quantitative estimate of drug-likeness (QED) is 0.734. The van der Waals surface area contributed by atoms with Gasteiger partial charge in [0.2, 0.25) is 12.7 Å².